The van der Waals surface area contributed by atoms with Gasteiger partial charge in [0, 0.05) is 44.1 Å². The number of amides is 4. The molecule has 4 aromatic rings. The van der Waals surface area contributed by atoms with Crippen molar-refractivity contribution in [1.82, 2.24) is 9.80 Å². The Labute approximate surface area is 248 Å². The molecule has 0 aliphatic carbocycles. The van der Waals surface area contributed by atoms with Crippen molar-refractivity contribution in [1.29, 1.82) is 0 Å². The minimum Gasteiger partial charge on any atom is -0.368 e. The van der Waals surface area contributed by atoms with Crippen LogP contribution < -0.4 is 15.5 Å². The predicted octanol–water partition coefficient (Wildman–Crippen LogP) is 5.60. The molecule has 1 heterocycles. The molecule has 5 rings (SSSR count). The summed E-state index contributed by atoms with van der Waals surface area (Å²) >= 11 is 0. The zero-order chi connectivity index (χ0) is 30.2. The molecule has 43 heavy (non-hydrogen) atoms. The summed E-state index contributed by atoms with van der Waals surface area (Å²) in [5, 5.41) is 5.44. The van der Waals surface area contributed by atoms with Crippen molar-refractivity contribution in [2.24, 2.45) is 0 Å². The molecule has 0 saturated carbocycles. The van der Waals surface area contributed by atoms with Crippen molar-refractivity contribution in [3.8, 4) is 0 Å². The van der Waals surface area contributed by atoms with Crippen LogP contribution >= 0.6 is 0 Å². The van der Waals surface area contributed by atoms with E-state index in [-0.39, 0.29) is 30.4 Å². The zero-order valence-corrected chi connectivity index (χ0v) is 23.4. The molecule has 0 bridgehead atoms. The molecular formula is C33H31F2N5O3. The normalized spacial score (nSPS) is 12.9. The van der Waals surface area contributed by atoms with Crippen molar-refractivity contribution in [3.63, 3.8) is 0 Å². The summed E-state index contributed by atoms with van der Waals surface area (Å²) in [6.07, 6.45) is 0. The number of anilines is 3. The number of halogens is 2. The van der Waals surface area contributed by atoms with Gasteiger partial charge in [-0.1, -0.05) is 54.6 Å². The van der Waals surface area contributed by atoms with E-state index >= 15 is 0 Å². The van der Waals surface area contributed by atoms with Gasteiger partial charge in [0.15, 0.2) is 0 Å². The first-order valence-electron chi connectivity index (χ1n) is 13.9. The second kappa shape index (κ2) is 13.6. The summed E-state index contributed by atoms with van der Waals surface area (Å²) in [4.78, 5) is 43.9. The fourth-order valence-corrected chi connectivity index (χ4v) is 4.86. The van der Waals surface area contributed by atoms with Crippen LogP contribution in [0, 0.1) is 11.6 Å². The Balaban J connectivity index is 1.17. The SMILES string of the molecule is O=C(CN(Cc1ccccc1)C(=O)c1ccccc1F)Nc1ccc(N2CCN(C(=O)Nc3ccccc3F)CC2)cc1. The summed E-state index contributed by atoms with van der Waals surface area (Å²) in [5.41, 5.74) is 2.34. The third-order valence-corrected chi connectivity index (χ3v) is 7.14. The highest BCUT2D eigenvalue weighted by molar-refractivity contribution is 5.99. The van der Waals surface area contributed by atoms with Gasteiger partial charge in [0.05, 0.1) is 11.3 Å². The van der Waals surface area contributed by atoms with Crippen LogP contribution in [0.3, 0.4) is 0 Å². The molecule has 4 amide bonds. The van der Waals surface area contributed by atoms with Crippen molar-refractivity contribution >= 4 is 34.9 Å². The minimum atomic E-state index is -0.645. The van der Waals surface area contributed by atoms with Crippen LogP contribution in [-0.4, -0.2) is 60.4 Å². The number of urea groups is 1. The minimum absolute atomic E-state index is 0.0969. The summed E-state index contributed by atoms with van der Waals surface area (Å²) in [6, 6.07) is 27.9. The van der Waals surface area contributed by atoms with Crippen LogP contribution in [0.5, 0.6) is 0 Å². The zero-order valence-electron chi connectivity index (χ0n) is 23.4. The van der Waals surface area contributed by atoms with Gasteiger partial charge in [-0.15, -0.1) is 0 Å². The maximum atomic E-state index is 14.4. The Morgan fingerprint density at radius 2 is 1.33 bits per heavy atom. The molecule has 4 aromatic carbocycles. The molecule has 1 aliphatic rings. The number of benzene rings is 4. The van der Waals surface area contributed by atoms with Crippen LogP contribution in [-0.2, 0) is 11.3 Å². The topological polar surface area (TPSA) is 85.0 Å². The number of nitrogens with zero attached hydrogens (tertiary/aromatic N) is 3. The lowest BCUT2D eigenvalue weighted by Gasteiger charge is -2.36. The van der Waals surface area contributed by atoms with Crippen molar-refractivity contribution < 1.29 is 23.2 Å². The molecule has 0 unspecified atom stereocenters. The van der Waals surface area contributed by atoms with Gasteiger partial charge in [-0.25, -0.2) is 13.6 Å². The number of rotatable bonds is 8. The van der Waals surface area contributed by atoms with Crippen LogP contribution in [0.1, 0.15) is 15.9 Å². The fraction of sp³-hybridized carbons (Fsp3) is 0.182. The fourth-order valence-electron chi connectivity index (χ4n) is 4.86. The van der Waals surface area contributed by atoms with E-state index in [1.807, 2.05) is 42.5 Å². The number of hydrogen-bond acceptors (Lipinski definition) is 4. The van der Waals surface area contributed by atoms with E-state index in [0.29, 0.717) is 31.9 Å². The molecule has 1 aliphatic heterocycles. The Hall–Kier alpha value is -5.25. The highest BCUT2D eigenvalue weighted by atomic mass is 19.1. The van der Waals surface area contributed by atoms with E-state index < -0.39 is 23.4 Å². The van der Waals surface area contributed by atoms with E-state index in [9.17, 15) is 23.2 Å². The van der Waals surface area contributed by atoms with Gasteiger partial charge in [-0.05, 0) is 54.1 Å². The molecule has 0 radical (unpaired) electrons. The number of carbonyl (C=O) groups excluding carboxylic acids is 3. The summed E-state index contributed by atoms with van der Waals surface area (Å²) in [7, 11) is 0. The van der Waals surface area contributed by atoms with Crippen molar-refractivity contribution in [3.05, 3.63) is 126 Å². The highest BCUT2D eigenvalue weighted by Crippen LogP contribution is 2.21. The standard InChI is InChI=1S/C33H31F2N5O3/c34-28-11-5-4-10-27(28)32(42)40(22-24-8-2-1-3-9-24)23-31(41)36-25-14-16-26(17-15-25)38-18-20-39(21-19-38)33(43)37-30-13-7-6-12-29(30)35/h1-17H,18-23H2,(H,36,41)(H,37,43). The first-order chi connectivity index (χ1) is 20.9. The summed E-state index contributed by atoms with van der Waals surface area (Å²) in [5.74, 6) is -2.12. The van der Waals surface area contributed by atoms with Gasteiger partial charge in [-0.2, -0.15) is 0 Å². The Morgan fingerprint density at radius 3 is 2.00 bits per heavy atom. The number of carbonyl (C=O) groups is 3. The quantitative estimate of drug-likeness (QED) is 0.283. The van der Waals surface area contributed by atoms with Crippen LogP contribution in [0.4, 0.5) is 30.6 Å². The predicted molar refractivity (Wildman–Crippen MR) is 162 cm³/mol. The lowest BCUT2D eigenvalue weighted by Crippen LogP contribution is -2.50. The van der Waals surface area contributed by atoms with Crippen LogP contribution in [0.15, 0.2) is 103 Å². The van der Waals surface area contributed by atoms with Gasteiger partial charge >= 0.3 is 6.03 Å². The van der Waals surface area contributed by atoms with Crippen molar-refractivity contribution in [2.75, 3.05) is 48.3 Å². The second-order valence-corrected chi connectivity index (χ2v) is 10.1. The maximum absolute atomic E-state index is 14.4. The number of piperazine rings is 1. The average Bonchev–Trinajstić information content (AvgIpc) is 3.03. The molecule has 0 aromatic heterocycles. The Morgan fingerprint density at radius 1 is 0.698 bits per heavy atom. The number of hydrogen-bond donors (Lipinski definition) is 2. The van der Waals surface area contributed by atoms with E-state index in [2.05, 4.69) is 15.5 Å². The molecule has 220 valence electrons. The monoisotopic (exact) mass is 583 g/mol. The van der Waals surface area contributed by atoms with Crippen molar-refractivity contribution in [2.45, 2.75) is 6.54 Å². The Kier molecular flexibility index (Phi) is 9.26. The molecule has 1 fully saturated rings. The Bertz CT molecular complexity index is 1580. The number of nitrogens with one attached hydrogen (secondary N) is 2. The van der Waals surface area contributed by atoms with Gasteiger partial charge in [-0.3, -0.25) is 9.59 Å². The molecule has 10 heteroatoms. The van der Waals surface area contributed by atoms with E-state index in [4.69, 9.17) is 0 Å². The third-order valence-electron chi connectivity index (χ3n) is 7.14. The molecule has 0 spiro atoms. The summed E-state index contributed by atoms with van der Waals surface area (Å²) < 4.78 is 28.3. The lowest BCUT2D eigenvalue weighted by molar-refractivity contribution is -0.117. The molecular weight excluding hydrogens is 552 g/mol. The maximum Gasteiger partial charge on any atom is 0.322 e. The first-order valence-corrected chi connectivity index (χ1v) is 13.9. The van der Waals surface area contributed by atoms with Gasteiger partial charge < -0.3 is 25.3 Å². The first kappa shape index (κ1) is 29.2. The average molecular weight is 584 g/mol. The van der Waals surface area contributed by atoms with Crippen LogP contribution in [0.2, 0.25) is 0 Å². The third kappa shape index (κ3) is 7.53. The van der Waals surface area contributed by atoms with Crippen LogP contribution in [0.25, 0.3) is 0 Å². The van der Waals surface area contributed by atoms with Gasteiger partial charge in [0.1, 0.15) is 18.2 Å². The van der Waals surface area contributed by atoms with E-state index in [1.165, 1.54) is 35.2 Å². The number of para-hydroxylation sites is 1. The van der Waals surface area contributed by atoms with E-state index in [0.717, 1.165) is 11.3 Å². The van der Waals surface area contributed by atoms with E-state index in [1.54, 1.807) is 35.2 Å². The van der Waals surface area contributed by atoms with Gasteiger partial charge in [0.25, 0.3) is 5.91 Å². The summed E-state index contributed by atoms with van der Waals surface area (Å²) in [6.45, 7) is 1.98. The molecule has 8 nitrogen and oxygen atoms in total. The highest BCUT2D eigenvalue weighted by Gasteiger charge is 2.23. The largest absolute Gasteiger partial charge is 0.368 e. The molecule has 1 saturated heterocycles. The molecule has 0 atom stereocenters. The second-order valence-electron chi connectivity index (χ2n) is 10.1. The molecule has 2 N–H and O–H groups in total. The van der Waals surface area contributed by atoms with Gasteiger partial charge in [0.2, 0.25) is 5.91 Å². The smallest absolute Gasteiger partial charge is 0.322 e. The lowest BCUT2D eigenvalue weighted by atomic mass is 10.1.